The standard InChI is InChI=1S/C12H20N2/c1-7(2)10-5-9(13)6-11(8(3)4)12(10)14/h5-8H,13-14H2,1-4H3. The van der Waals surface area contributed by atoms with Crippen molar-refractivity contribution in [3.05, 3.63) is 23.3 Å². The Bertz CT molecular complexity index is 298. The van der Waals surface area contributed by atoms with E-state index in [1.165, 1.54) is 0 Å². The van der Waals surface area contributed by atoms with E-state index in [-0.39, 0.29) is 0 Å². The van der Waals surface area contributed by atoms with Gasteiger partial charge in [0.15, 0.2) is 0 Å². The fourth-order valence-electron chi connectivity index (χ4n) is 1.68. The van der Waals surface area contributed by atoms with Crippen molar-refractivity contribution < 1.29 is 0 Å². The van der Waals surface area contributed by atoms with Crippen LogP contribution in [-0.2, 0) is 0 Å². The molecule has 0 amide bonds. The summed E-state index contributed by atoms with van der Waals surface area (Å²) in [5, 5.41) is 0. The minimum absolute atomic E-state index is 0.427. The van der Waals surface area contributed by atoms with Crippen molar-refractivity contribution in [1.29, 1.82) is 0 Å². The number of nitrogens with two attached hydrogens (primary N) is 2. The Labute approximate surface area is 86.3 Å². The first-order chi connectivity index (χ1) is 6.43. The first kappa shape index (κ1) is 10.9. The molecule has 0 saturated carbocycles. The van der Waals surface area contributed by atoms with Gasteiger partial charge in [0.05, 0.1) is 0 Å². The molecule has 78 valence electrons. The highest BCUT2D eigenvalue weighted by Gasteiger charge is 2.12. The largest absolute Gasteiger partial charge is 0.399 e. The summed E-state index contributed by atoms with van der Waals surface area (Å²) in [6, 6.07) is 3.96. The van der Waals surface area contributed by atoms with Gasteiger partial charge in [-0.2, -0.15) is 0 Å². The van der Waals surface area contributed by atoms with E-state index in [1.807, 2.05) is 12.1 Å². The summed E-state index contributed by atoms with van der Waals surface area (Å²) >= 11 is 0. The van der Waals surface area contributed by atoms with Crippen LogP contribution in [-0.4, -0.2) is 0 Å². The minimum atomic E-state index is 0.427. The maximum Gasteiger partial charge on any atom is 0.0385 e. The molecule has 2 heteroatoms. The molecule has 14 heavy (non-hydrogen) atoms. The van der Waals surface area contributed by atoms with Crippen LogP contribution in [0.3, 0.4) is 0 Å². The number of hydrogen-bond acceptors (Lipinski definition) is 2. The van der Waals surface area contributed by atoms with Gasteiger partial charge in [0.25, 0.3) is 0 Å². The Morgan fingerprint density at radius 1 is 0.857 bits per heavy atom. The van der Waals surface area contributed by atoms with Crippen LogP contribution in [0.25, 0.3) is 0 Å². The minimum Gasteiger partial charge on any atom is -0.399 e. The van der Waals surface area contributed by atoms with Gasteiger partial charge in [-0.15, -0.1) is 0 Å². The van der Waals surface area contributed by atoms with Crippen LogP contribution >= 0.6 is 0 Å². The maximum absolute atomic E-state index is 6.10. The van der Waals surface area contributed by atoms with Crippen LogP contribution < -0.4 is 11.5 Å². The van der Waals surface area contributed by atoms with Crippen LogP contribution in [0.15, 0.2) is 12.1 Å². The lowest BCUT2D eigenvalue weighted by molar-refractivity contribution is 0.841. The van der Waals surface area contributed by atoms with Gasteiger partial charge < -0.3 is 11.5 Å². The smallest absolute Gasteiger partial charge is 0.0385 e. The Kier molecular flexibility index (Phi) is 3.04. The van der Waals surface area contributed by atoms with Crippen LogP contribution in [0.2, 0.25) is 0 Å². The number of benzene rings is 1. The molecule has 0 atom stereocenters. The molecule has 0 fully saturated rings. The summed E-state index contributed by atoms with van der Waals surface area (Å²) in [6.07, 6.45) is 0. The molecule has 0 aromatic heterocycles. The lowest BCUT2D eigenvalue weighted by Crippen LogP contribution is -2.04. The Hall–Kier alpha value is -1.18. The van der Waals surface area contributed by atoms with Gasteiger partial charge >= 0.3 is 0 Å². The third-order valence-corrected chi connectivity index (χ3v) is 2.51. The van der Waals surface area contributed by atoms with E-state index in [0.717, 1.165) is 22.5 Å². The molecule has 1 rings (SSSR count). The summed E-state index contributed by atoms with van der Waals surface area (Å²) in [6.45, 7) is 8.54. The normalized spacial score (nSPS) is 11.3. The first-order valence-corrected chi connectivity index (χ1v) is 5.12. The maximum atomic E-state index is 6.10. The number of nitrogen functional groups attached to an aromatic ring is 2. The van der Waals surface area contributed by atoms with Crippen molar-refractivity contribution in [2.24, 2.45) is 0 Å². The molecule has 0 aliphatic heterocycles. The molecule has 0 aliphatic carbocycles. The molecule has 1 aromatic rings. The molecule has 4 N–H and O–H groups in total. The van der Waals surface area contributed by atoms with Gasteiger partial charge in [-0.1, -0.05) is 27.7 Å². The second-order valence-electron chi connectivity index (χ2n) is 4.42. The lowest BCUT2D eigenvalue weighted by atomic mass is 9.92. The van der Waals surface area contributed by atoms with E-state index in [0.29, 0.717) is 11.8 Å². The van der Waals surface area contributed by atoms with Crippen molar-refractivity contribution in [3.8, 4) is 0 Å². The van der Waals surface area contributed by atoms with Crippen molar-refractivity contribution >= 4 is 11.4 Å². The zero-order valence-electron chi connectivity index (χ0n) is 9.46. The average Bonchev–Trinajstić information content (AvgIpc) is 2.07. The van der Waals surface area contributed by atoms with Gasteiger partial charge in [-0.05, 0) is 35.1 Å². The summed E-state index contributed by atoms with van der Waals surface area (Å²) < 4.78 is 0. The van der Waals surface area contributed by atoms with Gasteiger partial charge in [0, 0.05) is 11.4 Å². The SMILES string of the molecule is CC(C)c1cc(N)cc(C(C)C)c1N. The molecule has 0 heterocycles. The number of rotatable bonds is 2. The molecular weight excluding hydrogens is 172 g/mol. The monoisotopic (exact) mass is 192 g/mol. The van der Waals surface area contributed by atoms with E-state index in [2.05, 4.69) is 27.7 Å². The van der Waals surface area contributed by atoms with Crippen molar-refractivity contribution in [2.45, 2.75) is 39.5 Å². The third kappa shape index (κ3) is 2.00. The predicted octanol–water partition coefficient (Wildman–Crippen LogP) is 3.10. The van der Waals surface area contributed by atoms with E-state index in [9.17, 15) is 0 Å². The molecular formula is C12H20N2. The van der Waals surface area contributed by atoms with Gasteiger partial charge in [0.2, 0.25) is 0 Å². The van der Waals surface area contributed by atoms with Crippen LogP contribution in [0.4, 0.5) is 11.4 Å². The summed E-state index contributed by atoms with van der Waals surface area (Å²) in [5.74, 6) is 0.854. The number of hydrogen-bond donors (Lipinski definition) is 2. The zero-order chi connectivity index (χ0) is 10.9. The fourth-order valence-corrected chi connectivity index (χ4v) is 1.68. The first-order valence-electron chi connectivity index (χ1n) is 5.12. The highest BCUT2D eigenvalue weighted by atomic mass is 14.6. The number of anilines is 2. The van der Waals surface area contributed by atoms with E-state index >= 15 is 0 Å². The van der Waals surface area contributed by atoms with E-state index in [1.54, 1.807) is 0 Å². The molecule has 0 radical (unpaired) electrons. The Morgan fingerprint density at radius 2 is 1.21 bits per heavy atom. The van der Waals surface area contributed by atoms with Crippen molar-refractivity contribution in [1.82, 2.24) is 0 Å². The topological polar surface area (TPSA) is 52.0 Å². The van der Waals surface area contributed by atoms with Gasteiger partial charge in [0.1, 0.15) is 0 Å². The van der Waals surface area contributed by atoms with Crippen LogP contribution in [0.1, 0.15) is 50.7 Å². The highest BCUT2D eigenvalue weighted by Crippen LogP contribution is 2.32. The predicted molar refractivity (Wildman–Crippen MR) is 63.4 cm³/mol. The molecule has 0 spiro atoms. The second kappa shape index (κ2) is 3.91. The third-order valence-electron chi connectivity index (χ3n) is 2.51. The molecule has 2 nitrogen and oxygen atoms in total. The highest BCUT2D eigenvalue weighted by molar-refractivity contribution is 5.63. The summed E-state index contributed by atoms with van der Waals surface area (Å²) in [5.41, 5.74) is 16.0. The molecule has 0 unspecified atom stereocenters. The fraction of sp³-hybridized carbons (Fsp3) is 0.500. The van der Waals surface area contributed by atoms with Crippen molar-refractivity contribution in [3.63, 3.8) is 0 Å². The quantitative estimate of drug-likeness (QED) is 0.707. The van der Waals surface area contributed by atoms with E-state index in [4.69, 9.17) is 11.5 Å². The Balaban J connectivity index is 3.32. The lowest BCUT2D eigenvalue weighted by Gasteiger charge is -2.17. The van der Waals surface area contributed by atoms with Gasteiger partial charge in [-0.25, -0.2) is 0 Å². The zero-order valence-corrected chi connectivity index (χ0v) is 9.46. The second-order valence-corrected chi connectivity index (χ2v) is 4.42. The molecule has 0 saturated heterocycles. The molecule has 1 aromatic carbocycles. The average molecular weight is 192 g/mol. The van der Waals surface area contributed by atoms with Crippen molar-refractivity contribution in [2.75, 3.05) is 11.5 Å². The molecule has 0 aliphatic rings. The van der Waals surface area contributed by atoms with Crippen LogP contribution in [0.5, 0.6) is 0 Å². The van der Waals surface area contributed by atoms with E-state index < -0.39 is 0 Å². The molecule has 0 bridgehead atoms. The van der Waals surface area contributed by atoms with Crippen LogP contribution in [0, 0.1) is 0 Å². The van der Waals surface area contributed by atoms with Gasteiger partial charge in [-0.3, -0.25) is 0 Å². The summed E-state index contributed by atoms with van der Waals surface area (Å²) in [7, 11) is 0. The summed E-state index contributed by atoms with van der Waals surface area (Å²) in [4.78, 5) is 0. The Morgan fingerprint density at radius 3 is 1.50 bits per heavy atom.